The normalized spacial score (nSPS) is 10.5. The first-order valence-corrected chi connectivity index (χ1v) is 5.21. The largest absolute Gasteiger partial charge is 0.313 e. The Morgan fingerprint density at radius 3 is 1.93 bits per heavy atom. The van der Waals surface area contributed by atoms with Crippen LogP contribution in [0.4, 0.5) is 0 Å². The Morgan fingerprint density at radius 1 is 1.14 bits per heavy atom. The average molecular weight is 197 g/mol. The molecular formula is C12H23NO. The lowest BCUT2D eigenvalue weighted by atomic mass is 10.3. The summed E-state index contributed by atoms with van der Waals surface area (Å²) in [5.74, 6) is 0.0330. The predicted octanol–water partition coefficient (Wildman–Crippen LogP) is 3.36. The number of nitrogens with zero attached hydrogens (tertiary/aromatic N) is 1. The van der Waals surface area contributed by atoms with Gasteiger partial charge < -0.3 is 4.90 Å². The molecule has 0 rings (SSSR count). The van der Waals surface area contributed by atoms with Gasteiger partial charge in [0, 0.05) is 12.2 Å². The third-order valence-corrected chi connectivity index (χ3v) is 1.43. The maximum atomic E-state index is 11.4. The van der Waals surface area contributed by atoms with Crippen molar-refractivity contribution in [1.82, 2.24) is 4.90 Å². The van der Waals surface area contributed by atoms with Crippen LogP contribution in [0.15, 0.2) is 24.4 Å². The summed E-state index contributed by atoms with van der Waals surface area (Å²) in [6.07, 6.45) is 6.98. The Kier molecular flexibility index (Phi) is 11.1. The Bertz CT molecular complexity index is 192. The monoisotopic (exact) mass is 197 g/mol. The van der Waals surface area contributed by atoms with Crippen molar-refractivity contribution in [2.24, 2.45) is 0 Å². The van der Waals surface area contributed by atoms with Gasteiger partial charge in [0.05, 0.1) is 0 Å². The highest BCUT2D eigenvalue weighted by Gasteiger charge is 2.09. The summed E-state index contributed by atoms with van der Waals surface area (Å²) in [6.45, 7) is 11.7. The maximum Gasteiger partial charge on any atom is 0.250 e. The van der Waals surface area contributed by atoms with E-state index in [1.807, 2.05) is 47.6 Å². The molecule has 0 aliphatic heterocycles. The highest BCUT2D eigenvalue weighted by Crippen LogP contribution is 2.00. The lowest BCUT2D eigenvalue weighted by Crippen LogP contribution is -2.30. The average Bonchev–Trinajstić information content (AvgIpc) is 2.17. The fraction of sp³-hybridized carbons (Fsp3) is 0.583. The fourth-order valence-electron chi connectivity index (χ4n) is 0.889. The number of allylic oxidation sites excluding steroid dienone is 2. The van der Waals surface area contributed by atoms with Crippen molar-refractivity contribution < 1.29 is 4.79 Å². The van der Waals surface area contributed by atoms with Gasteiger partial charge in [0.25, 0.3) is 0 Å². The molecule has 0 aromatic carbocycles. The van der Waals surface area contributed by atoms with Crippen molar-refractivity contribution in [1.29, 1.82) is 0 Å². The molecule has 0 N–H and O–H groups in total. The molecule has 1 amide bonds. The van der Waals surface area contributed by atoms with Crippen LogP contribution in [-0.4, -0.2) is 16.8 Å². The third-order valence-electron chi connectivity index (χ3n) is 1.43. The first-order chi connectivity index (χ1) is 6.63. The molecule has 2 heteroatoms. The van der Waals surface area contributed by atoms with Gasteiger partial charge in [0.15, 0.2) is 0 Å². The Hall–Kier alpha value is -1.05. The third kappa shape index (κ3) is 6.46. The van der Waals surface area contributed by atoms with Crippen LogP contribution in [-0.2, 0) is 4.79 Å². The molecular weight excluding hydrogens is 174 g/mol. The summed E-state index contributed by atoms with van der Waals surface area (Å²) < 4.78 is 0. The van der Waals surface area contributed by atoms with E-state index in [9.17, 15) is 4.79 Å². The molecule has 2 nitrogen and oxygen atoms in total. The minimum Gasteiger partial charge on any atom is -0.313 e. The van der Waals surface area contributed by atoms with Crippen molar-refractivity contribution >= 4 is 5.91 Å². The fourth-order valence-corrected chi connectivity index (χ4v) is 0.889. The molecule has 14 heavy (non-hydrogen) atoms. The van der Waals surface area contributed by atoms with Crippen LogP contribution >= 0.6 is 0 Å². The summed E-state index contributed by atoms with van der Waals surface area (Å²) in [6, 6.07) is 0.213. The number of amides is 1. The molecule has 0 saturated heterocycles. The molecule has 0 fully saturated rings. The Balaban J connectivity index is 0. The second-order valence-electron chi connectivity index (χ2n) is 2.82. The first kappa shape index (κ1) is 15.4. The summed E-state index contributed by atoms with van der Waals surface area (Å²) in [5, 5.41) is 0. The van der Waals surface area contributed by atoms with Crippen molar-refractivity contribution in [3.8, 4) is 0 Å². The van der Waals surface area contributed by atoms with E-state index < -0.39 is 0 Å². The topological polar surface area (TPSA) is 20.3 Å². The predicted molar refractivity (Wildman–Crippen MR) is 63.0 cm³/mol. The lowest BCUT2D eigenvalue weighted by molar-refractivity contribution is -0.124. The summed E-state index contributed by atoms with van der Waals surface area (Å²) in [5.41, 5.74) is 0. The minimum atomic E-state index is 0.0330. The van der Waals surface area contributed by atoms with Gasteiger partial charge in [-0.1, -0.05) is 26.0 Å². The molecule has 0 aromatic heterocycles. The second-order valence-corrected chi connectivity index (χ2v) is 2.82. The van der Waals surface area contributed by atoms with Gasteiger partial charge in [-0.25, -0.2) is 0 Å². The SMILES string of the molecule is C/C=C\C(=O)N(/C=C\C)C(C)C.CC. The second kappa shape index (κ2) is 10.0. The summed E-state index contributed by atoms with van der Waals surface area (Å²) in [7, 11) is 0. The number of hydrogen-bond donors (Lipinski definition) is 0. The van der Waals surface area contributed by atoms with Crippen molar-refractivity contribution in [2.45, 2.75) is 47.6 Å². The van der Waals surface area contributed by atoms with Gasteiger partial charge in [-0.05, 0) is 33.8 Å². The Labute approximate surface area is 88.3 Å². The van der Waals surface area contributed by atoms with Crippen molar-refractivity contribution in [2.75, 3.05) is 0 Å². The number of rotatable bonds is 3. The van der Waals surface area contributed by atoms with E-state index in [1.165, 1.54) is 0 Å². The molecule has 0 aromatic rings. The molecule has 0 atom stereocenters. The zero-order valence-electron chi connectivity index (χ0n) is 10.2. The molecule has 0 aliphatic rings. The quantitative estimate of drug-likeness (QED) is 0.635. The van der Waals surface area contributed by atoms with Gasteiger partial charge in [-0.3, -0.25) is 4.79 Å². The zero-order chi connectivity index (χ0) is 11.6. The summed E-state index contributed by atoms with van der Waals surface area (Å²) in [4.78, 5) is 13.1. The van der Waals surface area contributed by atoms with Crippen LogP contribution < -0.4 is 0 Å². The van der Waals surface area contributed by atoms with Crippen molar-refractivity contribution in [3.05, 3.63) is 24.4 Å². The first-order valence-electron chi connectivity index (χ1n) is 5.21. The van der Waals surface area contributed by atoms with E-state index in [4.69, 9.17) is 0 Å². The van der Waals surface area contributed by atoms with E-state index in [0.717, 1.165) is 0 Å². The number of hydrogen-bond acceptors (Lipinski definition) is 1. The van der Waals surface area contributed by atoms with Crippen LogP contribution in [0, 0.1) is 0 Å². The highest BCUT2D eigenvalue weighted by atomic mass is 16.2. The van der Waals surface area contributed by atoms with E-state index in [1.54, 1.807) is 23.3 Å². The van der Waals surface area contributed by atoms with Gasteiger partial charge >= 0.3 is 0 Å². The van der Waals surface area contributed by atoms with E-state index in [-0.39, 0.29) is 11.9 Å². The standard InChI is InChI=1S/C10H17NO.C2H6/c1-5-7-10(12)11(8-6-2)9(3)4;1-2/h5-9H,1-4H3;1-2H3/b7-5-,8-6-;. The van der Waals surface area contributed by atoms with Gasteiger partial charge in [-0.15, -0.1) is 0 Å². The lowest BCUT2D eigenvalue weighted by Gasteiger charge is -2.20. The van der Waals surface area contributed by atoms with Crippen LogP contribution in [0.25, 0.3) is 0 Å². The molecule has 0 saturated carbocycles. The molecule has 0 aliphatic carbocycles. The zero-order valence-corrected chi connectivity index (χ0v) is 10.2. The van der Waals surface area contributed by atoms with Crippen LogP contribution in [0.5, 0.6) is 0 Å². The number of carbonyl (C=O) groups excluding carboxylic acids is 1. The van der Waals surface area contributed by atoms with Gasteiger partial charge in [0.1, 0.15) is 0 Å². The highest BCUT2D eigenvalue weighted by molar-refractivity contribution is 5.88. The van der Waals surface area contributed by atoms with E-state index in [2.05, 4.69) is 0 Å². The maximum absolute atomic E-state index is 11.4. The minimum absolute atomic E-state index is 0.0330. The molecule has 0 bridgehead atoms. The molecule has 0 heterocycles. The molecule has 0 spiro atoms. The van der Waals surface area contributed by atoms with Gasteiger partial charge in [-0.2, -0.15) is 0 Å². The molecule has 82 valence electrons. The summed E-state index contributed by atoms with van der Waals surface area (Å²) >= 11 is 0. The molecule has 0 radical (unpaired) electrons. The molecule has 0 unspecified atom stereocenters. The van der Waals surface area contributed by atoms with Gasteiger partial charge in [0.2, 0.25) is 5.91 Å². The van der Waals surface area contributed by atoms with E-state index in [0.29, 0.717) is 0 Å². The Morgan fingerprint density at radius 2 is 1.64 bits per heavy atom. The van der Waals surface area contributed by atoms with Crippen LogP contribution in [0.2, 0.25) is 0 Å². The van der Waals surface area contributed by atoms with Crippen molar-refractivity contribution in [3.63, 3.8) is 0 Å². The van der Waals surface area contributed by atoms with Crippen LogP contribution in [0.3, 0.4) is 0 Å². The van der Waals surface area contributed by atoms with Crippen LogP contribution in [0.1, 0.15) is 41.5 Å². The number of carbonyl (C=O) groups is 1. The smallest absolute Gasteiger partial charge is 0.250 e. The van der Waals surface area contributed by atoms with E-state index >= 15 is 0 Å².